The Morgan fingerprint density at radius 3 is 2.24 bits per heavy atom. The maximum absolute atomic E-state index is 13.1. The fourth-order valence-electron chi connectivity index (χ4n) is 3.60. The summed E-state index contributed by atoms with van der Waals surface area (Å²) >= 11 is 0. The van der Waals surface area contributed by atoms with Crippen LogP contribution < -0.4 is 15.0 Å². The van der Waals surface area contributed by atoms with Crippen LogP contribution in [0.1, 0.15) is 22.8 Å². The fourth-order valence-corrected chi connectivity index (χ4v) is 3.60. The van der Waals surface area contributed by atoms with E-state index < -0.39 is 5.91 Å². The van der Waals surface area contributed by atoms with E-state index in [4.69, 9.17) is 4.74 Å². The van der Waals surface area contributed by atoms with Gasteiger partial charge in [0.25, 0.3) is 5.91 Å². The first-order valence-electron chi connectivity index (χ1n) is 10.5. The van der Waals surface area contributed by atoms with Crippen LogP contribution in [-0.4, -0.2) is 24.0 Å². The van der Waals surface area contributed by atoms with E-state index in [1.807, 2.05) is 43.3 Å². The second kappa shape index (κ2) is 9.04. The zero-order valence-electron chi connectivity index (χ0n) is 18.6. The smallest absolute Gasteiger partial charge is 0.259 e. The SMILES string of the molecule is CC(=O)N(C)c1ccccc1Oc1cc(C(=O)Nc2ccccc2C)c(O)c2ccccc12. The molecule has 0 saturated carbocycles. The molecule has 0 atom stereocenters. The molecular weight excluding hydrogens is 416 g/mol. The Hall–Kier alpha value is -4.32. The monoisotopic (exact) mass is 440 g/mol. The molecule has 4 rings (SSSR count). The second-order valence-corrected chi connectivity index (χ2v) is 7.73. The minimum absolute atomic E-state index is 0.0874. The zero-order valence-corrected chi connectivity index (χ0v) is 18.6. The van der Waals surface area contributed by atoms with Crippen molar-refractivity contribution in [3.63, 3.8) is 0 Å². The Morgan fingerprint density at radius 2 is 1.52 bits per heavy atom. The molecule has 0 aliphatic carbocycles. The second-order valence-electron chi connectivity index (χ2n) is 7.73. The minimum atomic E-state index is -0.452. The molecule has 0 spiro atoms. The van der Waals surface area contributed by atoms with Gasteiger partial charge in [0.1, 0.15) is 11.5 Å². The van der Waals surface area contributed by atoms with Gasteiger partial charge in [0, 0.05) is 30.4 Å². The van der Waals surface area contributed by atoms with E-state index in [2.05, 4.69) is 5.32 Å². The summed E-state index contributed by atoms with van der Waals surface area (Å²) in [6.07, 6.45) is 0. The van der Waals surface area contributed by atoms with Crippen molar-refractivity contribution in [1.82, 2.24) is 0 Å². The lowest BCUT2D eigenvalue weighted by Gasteiger charge is -2.20. The van der Waals surface area contributed by atoms with Crippen LogP contribution in [0.4, 0.5) is 11.4 Å². The minimum Gasteiger partial charge on any atom is -0.506 e. The normalized spacial score (nSPS) is 10.6. The number of nitrogens with one attached hydrogen (secondary N) is 1. The molecular formula is C27H24N2O4. The average molecular weight is 440 g/mol. The molecule has 4 aromatic rings. The number of carbonyl (C=O) groups is 2. The lowest BCUT2D eigenvalue weighted by atomic mass is 10.0. The number of phenolic OH excluding ortho intramolecular Hbond substituents is 1. The number of fused-ring (bicyclic) bond motifs is 1. The first-order chi connectivity index (χ1) is 15.9. The summed E-state index contributed by atoms with van der Waals surface area (Å²) in [4.78, 5) is 26.5. The van der Waals surface area contributed by atoms with Crippen LogP contribution in [0.3, 0.4) is 0 Å². The maximum Gasteiger partial charge on any atom is 0.259 e. The Labute approximate surface area is 192 Å². The van der Waals surface area contributed by atoms with Gasteiger partial charge in [-0.2, -0.15) is 0 Å². The number of para-hydroxylation sites is 3. The number of rotatable bonds is 5. The quantitative estimate of drug-likeness (QED) is 0.406. The molecule has 0 bridgehead atoms. The highest BCUT2D eigenvalue weighted by molar-refractivity contribution is 6.11. The Kier molecular flexibility index (Phi) is 6.00. The largest absolute Gasteiger partial charge is 0.506 e. The molecule has 2 amide bonds. The van der Waals surface area contributed by atoms with E-state index >= 15 is 0 Å². The molecule has 2 N–H and O–H groups in total. The van der Waals surface area contributed by atoms with Crippen molar-refractivity contribution >= 4 is 34.0 Å². The third-order valence-corrected chi connectivity index (χ3v) is 5.53. The van der Waals surface area contributed by atoms with E-state index in [-0.39, 0.29) is 17.2 Å². The number of benzene rings is 4. The highest BCUT2D eigenvalue weighted by atomic mass is 16.5. The number of hydrogen-bond donors (Lipinski definition) is 2. The van der Waals surface area contributed by atoms with Crippen LogP contribution in [-0.2, 0) is 4.79 Å². The Morgan fingerprint density at radius 1 is 0.879 bits per heavy atom. The summed E-state index contributed by atoms with van der Waals surface area (Å²) in [5, 5.41) is 14.9. The summed E-state index contributed by atoms with van der Waals surface area (Å²) in [6.45, 7) is 3.37. The molecule has 0 fully saturated rings. The van der Waals surface area contributed by atoms with Gasteiger partial charge in [-0.1, -0.05) is 54.6 Å². The third kappa shape index (κ3) is 4.36. The van der Waals surface area contributed by atoms with Gasteiger partial charge in [0.2, 0.25) is 5.91 Å². The molecule has 6 nitrogen and oxygen atoms in total. The number of anilines is 2. The van der Waals surface area contributed by atoms with Gasteiger partial charge >= 0.3 is 0 Å². The predicted octanol–water partition coefficient (Wildman–Crippen LogP) is 5.88. The first-order valence-corrected chi connectivity index (χ1v) is 10.5. The Bertz CT molecular complexity index is 1360. The van der Waals surface area contributed by atoms with E-state index in [1.165, 1.54) is 17.9 Å². The number of amides is 2. The van der Waals surface area contributed by atoms with Crippen molar-refractivity contribution < 1.29 is 19.4 Å². The van der Waals surface area contributed by atoms with E-state index in [0.717, 1.165) is 5.56 Å². The third-order valence-electron chi connectivity index (χ3n) is 5.53. The molecule has 6 heteroatoms. The fraction of sp³-hybridized carbons (Fsp3) is 0.111. The van der Waals surface area contributed by atoms with Crippen LogP contribution in [0.25, 0.3) is 10.8 Å². The number of aromatic hydroxyl groups is 1. The number of hydrogen-bond acceptors (Lipinski definition) is 4. The summed E-state index contributed by atoms with van der Waals surface area (Å²) in [7, 11) is 1.67. The van der Waals surface area contributed by atoms with Crippen molar-refractivity contribution in [3.8, 4) is 17.2 Å². The number of phenols is 1. The van der Waals surface area contributed by atoms with Gasteiger partial charge in [-0.25, -0.2) is 0 Å². The summed E-state index contributed by atoms with van der Waals surface area (Å²) in [6, 6.07) is 23.3. The summed E-state index contributed by atoms with van der Waals surface area (Å²) in [5.74, 6) is 0.128. The van der Waals surface area contributed by atoms with Crippen LogP contribution >= 0.6 is 0 Å². The summed E-state index contributed by atoms with van der Waals surface area (Å²) in [5.41, 5.74) is 2.24. The van der Waals surface area contributed by atoms with Gasteiger partial charge < -0.3 is 20.1 Å². The molecule has 0 heterocycles. The van der Waals surface area contributed by atoms with Gasteiger partial charge in [0.15, 0.2) is 5.75 Å². The Balaban J connectivity index is 1.80. The van der Waals surface area contributed by atoms with E-state index in [9.17, 15) is 14.7 Å². The van der Waals surface area contributed by atoms with Crippen molar-refractivity contribution in [2.45, 2.75) is 13.8 Å². The lowest BCUT2D eigenvalue weighted by molar-refractivity contribution is -0.116. The topological polar surface area (TPSA) is 78.9 Å². The standard InChI is InChI=1S/C27H24N2O4/c1-17-10-4-7-13-22(17)28-27(32)21-16-25(19-11-5-6-12-20(19)26(21)31)33-24-15-9-8-14-23(24)29(3)18(2)30/h4-16,31H,1-3H3,(H,28,32). The van der Waals surface area contributed by atoms with Crippen molar-refractivity contribution in [2.75, 3.05) is 17.3 Å². The molecule has 0 aliphatic rings. The van der Waals surface area contributed by atoms with Crippen LogP contribution in [0.15, 0.2) is 78.9 Å². The molecule has 4 aromatic carbocycles. The van der Waals surface area contributed by atoms with Gasteiger partial charge in [-0.05, 0) is 36.8 Å². The van der Waals surface area contributed by atoms with Crippen LogP contribution in [0.2, 0.25) is 0 Å². The first kappa shape index (κ1) is 21.9. The van der Waals surface area contributed by atoms with Gasteiger partial charge in [-0.15, -0.1) is 0 Å². The van der Waals surface area contributed by atoms with Crippen LogP contribution in [0.5, 0.6) is 17.2 Å². The van der Waals surface area contributed by atoms with E-state index in [1.54, 1.807) is 43.4 Å². The molecule has 0 radical (unpaired) electrons. The van der Waals surface area contributed by atoms with Gasteiger partial charge in [0.05, 0.1) is 11.3 Å². The van der Waals surface area contributed by atoms with Crippen molar-refractivity contribution in [3.05, 3.63) is 90.0 Å². The molecule has 0 aliphatic heterocycles. The number of aryl methyl sites for hydroxylation is 1. The van der Waals surface area contributed by atoms with Crippen molar-refractivity contribution in [2.24, 2.45) is 0 Å². The number of ether oxygens (including phenoxy) is 1. The van der Waals surface area contributed by atoms with Crippen molar-refractivity contribution in [1.29, 1.82) is 0 Å². The highest BCUT2D eigenvalue weighted by Gasteiger charge is 2.20. The van der Waals surface area contributed by atoms with Crippen LogP contribution in [0, 0.1) is 6.92 Å². The summed E-state index contributed by atoms with van der Waals surface area (Å²) < 4.78 is 6.23. The highest BCUT2D eigenvalue weighted by Crippen LogP contribution is 2.40. The molecule has 33 heavy (non-hydrogen) atoms. The molecule has 166 valence electrons. The zero-order chi connectivity index (χ0) is 23.5. The maximum atomic E-state index is 13.1. The lowest BCUT2D eigenvalue weighted by Crippen LogP contribution is -2.23. The molecule has 0 saturated heterocycles. The van der Waals surface area contributed by atoms with Gasteiger partial charge in [-0.3, -0.25) is 9.59 Å². The number of carbonyl (C=O) groups excluding carboxylic acids is 2. The predicted molar refractivity (Wildman–Crippen MR) is 130 cm³/mol. The molecule has 0 unspecified atom stereocenters. The van der Waals surface area contributed by atoms with E-state index in [0.29, 0.717) is 33.6 Å². The average Bonchev–Trinajstić information content (AvgIpc) is 2.82. The number of nitrogens with zero attached hydrogens (tertiary/aromatic N) is 1. The molecule has 0 aromatic heterocycles.